The van der Waals surface area contributed by atoms with Gasteiger partial charge < -0.3 is 10.2 Å². The first-order chi connectivity index (χ1) is 9.50. The van der Waals surface area contributed by atoms with E-state index in [0.717, 1.165) is 0 Å². The Labute approximate surface area is 127 Å². The van der Waals surface area contributed by atoms with Crippen molar-refractivity contribution in [2.75, 3.05) is 18.6 Å². The summed E-state index contributed by atoms with van der Waals surface area (Å²) in [5, 5.41) is 2.79. The third-order valence-corrected chi connectivity index (χ3v) is 5.24. The number of amides is 2. The highest BCUT2D eigenvalue weighted by Gasteiger charge is 2.53. The van der Waals surface area contributed by atoms with Crippen LogP contribution >= 0.6 is 0 Å². The Hall–Kier alpha value is -1.11. The normalized spacial score (nSPS) is 21.3. The molecule has 122 valence electrons. The maximum atomic E-state index is 12.6. The average Bonchev–Trinajstić information content (AvgIpc) is 2.34. The highest BCUT2D eigenvalue weighted by atomic mass is 32.2. The van der Waals surface area contributed by atoms with Crippen LogP contribution in [0.1, 0.15) is 47.0 Å². The Kier molecular flexibility index (Phi) is 5.08. The minimum Gasteiger partial charge on any atom is -0.340 e. The summed E-state index contributed by atoms with van der Waals surface area (Å²) in [6.45, 7) is 7.37. The van der Waals surface area contributed by atoms with Crippen LogP contribution in [0.3, 0.4) is 0 Å². The van der Waals surface area contributed by atoms with Crippen LogP contribution in [0.25, 0.3) is 0 Å². The van der Waals surface area contributed by atoms with Gasteiger partial charge in [-0.3, -0.25) is 9.59 Å². The number of carbonyl (C=O) groups excluding carboxylic acids is 2. The molecule has 0 aromatic heterocycles. The van der Waals surface area contributed by atoms with Crippen molar-refractivity contribution in [3.8, 4) is 0 Å². The van der Waals surface area contributed by atoms with Gasteiger partial charge in [0.1, 0.15) is 20.9 Å². The van der Waals surface area contributed by atoms with Crippen LogP contribution in [0.5, 0.6) is 0 Å². The molecule has 1 saturated heterocycles. The smallest absolute Gasteiger partial charge is 0.248 e. The number of nitrogens with zero attached hydrogens (tertiary/aromatic N) is 1. The third kappa shape index (κ3) is 3.56. The van der Waals surface area contributed by atoms with Crippen LogP contribution in [0.15, 0.2) is 0 Å². The van der Waals surface area contributed by atoms with E-state index in [2.05, 4.69) is 5.32 Å². The van der Waals surface area contributed by atoms with Crippen molar-refractivity contribution in [1.29, 1.82) is 0 Å². The molecule has 1 N–H and O–H groups in total. The summed E-state index contributed by atoms with van der Waals surface area (Å²) >= 11 is 0. The number of sulfone groups is 1. The van der Waals surface area contributed by atoms with Gasteiger partial charge in [0.25, 0.3) is 0 Å². The molecule has 0 atom stereocenters. The Morgan fingerprint density at radius 2 is 1.67 bits per heavy atom. The molecule has 2 amide bonds. The fraction of sp³-hybridized carbons (Fsp3) is 0.857. The molecule has 1 heterocycles. The Morgan fingerprint density at radius 3 is 2.10 bits per heavy atom. The van der Waals surface area contributed by atoms with Crippen molar-refractivity contribution >= 4 is 21.7 Å². The molecule has 0 spiro atoms. The molecule has 1 rings (SSSR count). The Morgan fingerprint density at radius 1 is 1.14 bits per heavy atom. The number of hydrogen-bond acceptors (Lipinski definition) is 4. The molecule has 0 aromatic rings. The summed E-state index contributed by atoms with van der Waals surface area (Å²) in [7, 11) is -3.07. The number of carbonyl (C=O) groups is 2. The van der Waals surface area contributed by atoms with Crippen LogP contribution in [0.4, 0.5) is 0 Å². The van der Waals surface area contributed by atoms with Gasteiger partial charge in [-0.25, -0.2) is 8.42 Å². The van der Waals surface area contributed by atoms with Crippen molar-refractivity contribution in [1.82, 2.24) is 10.2 Å². The second kappa shape index (κ2) is 5.94. The zero-order chi connectivity index (χ0) is 16.5. The Bertz CT molecular complexity index is 521. The van der Waals surface area contributed by atoms with Gasteiger partial charge in [-0.2, -0.15) is 0 Å². The van der Waals surface area contributed by atoms with Crippen molar-refractivity contribution in [2.24, 2.45) is 0 Å². The fourth-order valence-electron chi connectivity index (χ4n) is 2.86. The lowest BCUT2D eigenvalue weighted by Crippen LogP contribution is -2.74. The Balaban J connectivity index is 3.06. The quantitative estimate of drug-likeness (QED) is 0.782. The third-order valence-electron chi connectivity index (χ3n) is 4.21. The van der Waals surface area contributed by atoms with E-state index < -0.39 is 20.9 Å². The van der Waals surface area contributed by atoms with Crippen LogP contribution < -0.4 is 5.32 Å². The van der Waals surface area contributed by atoms with Gasteiger partial charge in [0.05, 0.1) is 5.75 Å². The molecule has 1 aliphatic heterocycles. The van der Waals surface area contributed by atoms with E-state index in [0.29, 0.717) is 19.3 Å². The lowest BCUT2D eigenvalue weighted by Gasteiger charge is -2.50. The molecule has 0 aromatic carbocycles. The molecule has 6 nitrogen and oxygen atoms in total. The summed E-state index contributed by atoms with van der Waals surface area (Å²) in [4.78, 5) is 26.7. The average molecular weight is 318 g/mol. The van der Waals surface area contributed by atoms with Crippen LogP contribution in [0, 0.1) is 0 Å². The van der Waals surface area contributed by atoms with E-state index >= 15 is 0 Å². The maximum absolute atomic E-state index is 12.6. The molecule has 0 unspecified atom stereocenters. The summed E-state index contributed by atoms with van der Waals surface area (Å²) in [5.74, 6) is -0.293. The van der Waals surface area contributed by atoms with Crippen LogP contribution in [0.2, 0.25) is 0 Å². The standard InChI is InChI=1S/C14H26N2O4S/c1-6-14(7-2)11(17)15-13(3,4)12(18)16(14)9-8-10-21(5,19)20/h6-10H2,1-5H3,(H,15,17). The molecule has 21 heavy (non-hydrogen) atoms. The SMILES string of the molecule is CCC1(CC)C(=O)NC(C)(C)C(=O)N1CCCS(C)(=O)=O. The number of piperazine rings is 1. The van der Waals surface area contributed by atoms with Crippen molar-refractivity contribution in [3.63, 3.8) is 0 Å². The minimum absolute atomic E-state index is 0.0162. The molecule has 1 aliphatic rings. The van der Waals surface area contributed by atoms with Crippen LogP contribution in [-0.2, 0) is 19.4 Å². The van der Waals surface area contributed by atoms with Gasteiger partial charge in [-0.1, -0.05) is 13.8 Å². The first kappa shape index (κ1) is 17.9. The topological polar surface area (TPSA) is 83.6 Å². The summed E-state index contributed by atoms with van der Waals surface area (Å²) < 4.78 is 22.5. The molecule has 7 heteroatoms. The summed E-state index contributed by atoms with van der Waals surface area (Å²) in [6, 6.07) is 0. The van der Waals surface area contributed by atoms with Gasteiger partial charge in [-0.05, 0) is 33.1 Å². The van der Waals surface area contributed by atoms with Gasteiger partial charge in [0, 0.05) is 12.8 Å². The van der Waals surface area contributed by atoms with Gasteiger partial charge >= 0.3 is 0 Å². The first-order valence-electron chi connectivity index (χ1n) is 7.32. The molecule has 0 saturated carbocycles. The molecule has 0 radical (unpaired) electrons. The largest absolute Gasteiger partial charge is 0.340 e. The number of hydrogen-bond donors (Lipinski definition) is 1. The van der Waals surface area contributed by atoms with Crippen LogP contribution in [-0.4, -0.2) is 54.8 Å². The van der Waals surface area contributed by atoms with E-state index in [1.54, 1.807) is 18.7 Å². The predicted molar refractivity (Wildman–Crippen MR) is 81.6 cm³/mol. The van der Waals surface area contributed by atoms with Gasteiger partial charge in [0.2, 0.25) is 11.8 Å². The molecule has 0 aliphatic carbocycles. The molecular formula is C14H26N2O4S. The van der Waals surface area contributed by atoms with E-state index in [1.165, 1.54) is 6.26 Å². The highest BCUT2D eigenvalue weighted by Crippen LogP contribution is 2.32. The second-order valence-electron chi connectivity index (χ2n) is 6.26. The lowest BCUT2D eigenvalue weighted by atomic mass is 9.82. The monoisotopic (exact) mass is 318 g/mol. The summed E-state index contributed by atoms with van der Waals surface area (Å²) in [6.07, 6.45) is 2.54. The first-order valence-corrected chi connectivity index (χ1v) is 9.38. The second-order valence-corrected chi connectivity index (χ2v) is 8.52. The highest BCUT2D eigenvalue weighted by molar-refractivity contribution is 7.90. The minimum atomic E-state index is -3.07. The lowest BCUT2D eigenvalue weighted by molar-refractivity contribution is -0.162. The van der Waals surface area contributed by atoms with Crippen molar-refractivity contribution in [2.45, 2.75) is 58.0 Å². The molecule has 0 bridgehead atoms. The van der Waals surface area contributed by atoms with E-state index in [-0.39, 0.29) is 24.1 Å². The van der Waals surface area contributed by atoms with Gasteiger partial charge in [0.15, 0.2) is 0 Å². The molecule has 1 fully saturated rings. The van der Waals surface area contributed by atoms with Gasteiger partial charge in [-0.15, -0.1) is 0 Å². The maximum Gasteiger partial charge on any atom is 0.248 e. The molecular weight excluding hydrogens is 292 g/mol. The zero-order valence-corrected chi connectivity index (χ0v) is 14.3. The van der Waals surface area contributed by atoms with Crippen molar-refractivity contribution in [3.05, 3.63) is 0 Å². The van der Waals surface area contributed by atoms with E-state index in [9.17, 15) is 18.0 Å². The number of rotatable bonds is 6. The van der Waals surface area contributed by atoms with E-state index in [4.69, 9.17) is 0 Å². The fourth-order valence-corrected chi connectivity index (χ4v) is 3.51. The predicted octanol–water partition coefficient (Wildman–Crippen LogP) is 0.717. The van der Waals surface area contributed by atoms with E-state index in [1.807, 2.05) is 13.8 Å². The number of nitrogens with one attached hydrogen (secondary N) is 1. The zero-order valence-electron chi connectivity index (χ0n) is 13.5. The van der Waals surface area contributed by atoms with Crippen molar-refractivity contribution < 1.29 is 18.0 Å². The summed E-state index contributed by atoms with van der Waals surface area (Å²) in [5.41, 5.74) is -1.82.